The summed E-state index contributed by atoms with van der Waals surface area (Å²) < 4.78 is 0. The Balaban J connectivity index is 1.55. The highest BCUT2D eigenvalue weighted by molar-refractivity contribution is 6.05. The zero-order chi connectivity index (χ0) is 25.7. The number of allylic oxidation sites excluding steroid dienone is 2. The molecule has 2 aliphatic rings. The van der Waals surface area contributed by atoms with Crippen LogP contribution in [0, 0.1) is 18.8 Å². The molecule has 1 heterocycles. The van der Waals surface area contributed by atoms with Crippen molar-refractivity contribution in [3.8, 4) is 0 Å². The monoisotopic (exact) mass is 487 g/mol. The number of aryl methyl sites for hydroxylation is 1. The normalized spacial score (nSPS) is 19.7. The van der Waals surface area contributed by atoms with E-state index in [-0.39, 0.29) is 55.0 Å². The molecule has 7 heteroatoms. The first kappa shape index (κ1) is 25.4. The van der Waals surface area contributed by atoms with E-state index in [1.165, 1.54) is 4.90 Å². The van der Waals surface area contributed by atoms with Crippen LogP contribution in [0.5, 0.6) is 0 Å². The van der Waals surface area contributed by atoms with Crippen LogP contribution in [0.4, 0.5) is 0 Å². The highest BCUT2D eigenvalue weighted by atomic mass is 16.2. The van der Waals surface area contributed by atoms with Crippen molar-refractivity contribution in [3.05, 3.63) is 83.4 Å². The van der Waals surface area contributed by atoms with Crippen molar-refractivity contribution in [1.82, 2.24) is 15.1 Å². The van der Waals surface area contributed by atoms with Crippen molar-refractivity contribution in [1.29, 1.82) is 0 Å². The van der Waals surface area contributed by atoms with E-state index in [0.29, 0.717) is 19.3 Å². The number of carbonyl (C=O) groups is 4. The molecule has 1 saturated heterocycles. The first-order valence-corrected chi connectivity index (χ1v) is 12.5. The number of nitrogens with one attached hydrogen (secondary N) is 1. The predicted octanol–water partition coefficient (Wildman–Crippen LogP) is 3.02. The van der Waals surface area contributed by atoms with Gasteiger partial charge in [-0.1, -0.05) is 72.3 Å². The topological polar surface area (TPSA) is 86.8 Å². The van der Waals surface area contributed by atoms with Crippen LogP contribution >= 0.6 is 0 Å². The molecule has 4 amide bonds. The molecule has 36 heavy (non-hydrogen) atoms. The lowest BCUT2D eigenvalue weighted by atomic mass is 9.85. The third-order valence-electron chi connectivity index (χ3n) is 7.14. The van der Waals surface area contributed by atoms with E-state index in [2.05, 4.69) is 5.32 Å². The van der Waals surface area contributed by atoms with Gasteiger partial charge < -0.3 is 10.2 Å². The Hall–Kier alpha value is -3.74. The minimum atomic E-state index is -0.733. The molecular formula is C29H33N3O4. The standard InChI is InChI=1S/C29H33N3O4/c1-20-12-14-22(15-13-20)19-32(25(27(34)30-2)18-21-8-4-3-5-9-21)26(33)16-17-31-28(35)23-10-6-7-11-24(23)29(31)36/h3-9,12-15,23-25H,10-11,16-19H2,1-2H3,(H,30,34)/t23-,24+,25-/m1/s1. The molecule has 0 spiro atoms. The van der Waals surface area contributed by atoms with Gasteiger partial charge in [0.1, 0.15) is 6.04 Å². The van der Waals surface area contributed by atoms with Gasteiger partial charge in [0.25, 0.3) is 0 Å². The van der Waals surface area contributed by atoms with E-state index in [1.54, 1.807) is 11.9 Å². The summed E-state index contributed by atoms with van der Waals surface area (Å²) in [6.45, 7) is 2.27. The number of benzene rings is 2. The number of fused-ring (bicyclic) bond motifs is 1. The average Bonchev–Trinajstić information content (AvgIpc) is 3.15. The molecule has 0 radical (unpaired) electrons. The van der Waals surface area contributed by atoms with Crippen molar-refractivity contribution in [2.75, 3.05) is 13.6 Å². The van der Waals surface area contributed by atoms with Gasteiger partial charge in [-0.05, 0) is 30.9 Å². The van der Waals surface area contributed by atoms with Crippen LogP contribution in [-0.2, 0) is 32.1 Å². The van der Waals surface area contributed by atoms with Gasteiger partial charge in [0.05, 0.1) is 11.8 Å². The van der Waals surface area contributed by atoms with E-state index in [1.807, 2.05) is 73.7 Å². The first-order chi connectivity index (χ1) is 17.4. The van der Waals surface area contributed by atoms with Gasteiger partial charge in [-0.25, -0.2) is 0 Å². The van der Waals surface area contributed by atoms with Crippen LogP contribution < -0.4 is 5.32 Å². The zero-order valence-electron chi connectivity index (χ0n) is 20.9. The maximum Gasteiger partial charge on any atom is 0.242 e. The molecule has 0 aromatic heterocycles. The van der Waals surface area contributed by atoms with Gasteiger partial charge in [0.2, 0.25) is 23.6 Å². The Morgan fingerprint density at radius 2 is 1.56 bits per heavy atom. The van der Waals surface area contributed by atoms with Crippen LogP contribution in [0.1, 0.15) is 36.0 Å². The van der Waals surface area contributed by atoms with Gasteiger partial charge in [-0.15, -0.1) is 0 Å². The molecule has 0 saturated carbocycles. The van der Waals surface area contributed by atoms with Crippen molar-refractivity contribution in [2.24, 2.45) is 11.8 Å². The number of rotatable bonds is 9. The quantitative estimate of drug-likeness (QED) is 0.435. The van der Waals surface area contributed by atoms with Crippen LogP contribution in [0.15, 0.2) is 66.7 Å². The van der Waals surface area contributed by atoms with E-state index in [9.17, 15) is 19.2 Å². The van der Waals surface area contributed by atoms with E-state index in [0.717, 1.165) is 16.7 Å². The van der Waals surface area contributed by atoms with E-state index < -0.39 is 6.04 Å². The van der Waals surface area contributed by atoms with Crippen LogP contribution in [0.2, 0.25) is 0 Å². The number of amides is 4. The average molecular weight is 488 g/mol. The summed E-state index contributed by atoms with van der Waals surface area (Å²) in [5.74, 6) is -1.56. The zero-order valence-corrected chi connectivity index (χ0v) is 20.9. The summed E-state index contributed by atoms with van der Waals surface area (Å²) in [6.07, 6.45) is 5.35. The highest BCUT2D eigenvalue weighted by Gasteiger charge is 2.47. The number of carbonyl (C=O) groups excluding carboxylic acids is 4. The van der Waals surface area contributed by atoms with Gasteiger partial charge in [-0.3, -0.25) is 24.1 Å². The minimum absolute atomic E-state index is 0.0275. The Labute approximate surface area is 212 Å². The Bertz CT molecular complexity index is 1120. The lowest BCUT2D eigenvalue weighted by molar-refractivity contribution is -0.144. The molecular weight excluding hydrogens is 454 g/mol. The second-order valence-corrected chi connectivity index (χ2v) is 9.56. The first-order valence-electron chi connectivity index (χ1n) is 12.5. The number of likely N-dealkylation sites (tertiary alicyclic amines) is 1. The number of hydrogen-bond acceptors (Lipinski definition) is 4. The maximum absolute atomic E-state index is 13.6. The van der Waals surface area contributed by atoms with Crippen molar-refractivity contribution < 1.29 is 19.2 Å². The molecule has 1 aliphatic carbocycles. The van der Waals surface area contributed by atoms with E-state index >= 15 is 0 Å². The van der Waals surface area contributed by atoms with Gasteiger partial charge >= 0.3 is 0 Å². The fraction of sp³-hybridized carbons (Fsp3) is 0.379. The maximum atomic E-state index is 13.6. The fourth-order valence-corrected chi connectivity index (χ4v) is 5.05. The van der Waals surface area contributed by atoms with Gasteiger partial charge in [0, 0.05) is 33.0 Å². The molecule has 188 valence electrons. The second kappa shape index (κ2) is 11.3. The number of likely N-dealkylation sites (N-methyl/N-ethyl adjacent to an activating group) is 1. The summed E-state index contributed by atoms with van der Waals surface area (Å²) >= 11 is 0. The summed E-state index contributed by atoms with van der Waals surface area (Å²) in [5, 5.41) is 2.70. The van der Waals surface area contributed by atoms with Crippen LogP contribution in [0.3, 0.4) is 0 Å². The molecule has 3 atom stereocenters. The van der Waals surface area contributed by atoms with Crippen molar-refractivity contribution >= 4 is 23.6 Å². The number of imide groups is 1. The highest BCUT2D eigenvalue weighted by Crippen LogP contribution is 2.35. The minimum Gasteiger partial charge on any atom is -0.357 e. The lowest BCUT2D eigenvalue weighted by Gasteiger charge is -2.31. The molecule has 1 aliphatic heterocycles. The summed E-state index contributed by atoms with van der Waals surface area (Å²) in [5.41, 5.74) is 2.95. The van der Waals surface area contributed by atoms with Gasteiger partial charge in [0.15, 0.2) is 0 Å². The largest absolute Gasteiger partial charge is 0.357 e. The number of hydrogen-bond donors (Lipinski definition) is 1. The SMILES string of the molecule is CNC(=O)[C@@H](Cc1ccccc1)N(Cc1ccc(C)cc1)C(=O)CCN1C(=O)[C@H]2CC=CC[C@H]2C1=O. The molecule has 1 fully saturated rings. The summed E-state index contributed by atoms with van der Waals surface area (Å²) in [7, 11) is 1.56. The summed E-state index contributed by atoms with van der Waals surface area (Å²) in [4.78, 5) is 55.2. The molecule has 1 N–H and O–H groups in total. The summed E-state index contributed by atoms with van der Waals surface area (Å²) in [6, 6.07) is 16.7. The van der Waals surface area contributed by atoms with Crippen LogP contribution in [-0.4, -0.2) is 53.1 Å². The smallest absolute Gasteiger partial charge is 0.242 e. The third-order valence-corrected chi connectivity index (χ3v) is 7.14. The molecule has 4 rings (SSSR count). The molecule has 2 aromatic rings. The van der Waals surface area contributed by atoms with Gasteiger partial charge in [-0.2, -0.15) is 0 Å². The van der Waals surface area contributed by atoms with E-state index in [4.69, 9.17) is 0 Å². The Kier molecular flexibility index (Phi) is 7.98. The molecule has 0 bridgehead atoms. The van der Waals surface area contributed by atoms with Crippen LogP contribution in [0.25, 0.3) is 0 Å². The molecule has 0 unspecified atom stereocenters. The lowest BCUT2D eigenvalue weighted by Crippen LogP contribution is -2.50. The molecule has 2 aromatic carbocycles. The van der Waals surface area contributed by atoms with Crippen molar-refractivity contribution in [2.45, 2.75) is 45.2 Å². The Morgan fingerprint density at radius 1 is 0.944 bits per heavy atom. The molecule has 7 nitrogen and oxygen atoms in total. The predicted molar refractivity (Wildman–Crippen MR) is 136 cm³/mol. The fourth-order valence-electron chi connectivity index (χ4n) is 5.05. The third kappa shape index (κ3) is 5.56. The number of nitrogens with zero attached hydrogens (tertiary/aromatic N) is 2. The Morgan fingerprint density at radius 3 is 2.14 bits per heavy atom. The van der Waals surface area contributed by atoms with Crippen molar-refractivity contribution in [3.63, 3.8) is 0 Å². The second-order valence-electron chi connectivity index (χ2n) is 9.56.